The number of hydrogen-bond acceptors (Lipinski definition) is 6. The van der Waals surface area contributed by atoms with Gasteiger partial charge in [0, 0.05) is 28.4 Å². The molecule has 3 aromatic rings. The highest BCUT2D eigenvalue weighted by molar-refractivity contribution is 7.09. The summed E-state index contributed by atoms with van der Waals surface area (Å²) in [7, 11) is 0. The molecule has 0 aliphatic rings. The Hall–Kier alpha value is -3.85. The lowest BCUT2D eigenvalue weighted by molar-refractivity contribution is -0.118. The summed E-state index contributed by atoms with van der Waals surface area (Å²) in [5.41, 5.74) is 1.79. The van der Waals surface area contributed by atoms with Crippen molar-refractivity contribution in [1.82, 2.24) is 10.6 Å². The minimum Gasteiger partial charge on any atom is -0.494 e. The summed E-state index contributed by atoms with van der Waals surface area (Å²) in [6, 6.07) is 17.3. The number of carbonyl (C=O) groups is 3. The molecule has 3 rings (SSSR count). The van der Waals surface area contributed by atoms with Crippen molar-refractivity contribution in [1.29, 1.82) is 0 Å². The molecule has 172 valence electrons. The molecule has 2 aromatic carbocycles. The van der Waals surface area contributed by atoms with E-state index in [0.29, 0.717) is 30.1 Å². The van der Waals surface area contributed by atoms with Crippen molar-refractivity contribution in [3.05, 3.63) is 76.5 Å². The van der Waals surface area contributed by atoms with E-state index in [0.717, 1.165) is 12.2 Å². The number of imide groups is 1. The van der Waals surface area contributed by atoms with E-state index in [1.807, 2.05) is 24.4 Å². The third kappa shape index (κ3) is 7.97. The molecular weight excluding hydrogens is 440 g/mol. The summed E-state index contributed by atoms with van der Waals surface area (Å²) in [4.78, 5) is 37.3. The summed E-state index contributed by atoms with van der Waals surface area (Å²) in [6.45, 7) is 2.87. The van der Waals surface area contributed by atoms with Gasteiger partial charge in [-0.2, -0.15) is 0 Å². The molecule has 0 fully saturated rings. The van der Waals surface area contributed by atoms with Crippen LogP contribution >= 0.6 is 11.3 Å². The van der Waals surface area contributed by atoms with Gasteiger partial charge >= 0.3 is 6.03 Å². The molecule has 1 heterocycles. The molecular formula is C24H26N4O4S. The van der Waals surface area contributed by atoms with Gasteiger partial charge in [-0.1, -0.05) is 6.07 Å². The number of rotatable bonds is 10. The number of nitrogens with one attached hydrogen (secondary N) is 4. The van der Waals surface area contributed by atoms with Crippen LogP contribution in [0, 0.1) is 0 Å². The van der Waals surface area contributed by atoms with E-state index in [-0.39, 0.29) is 12.5 Å². The summed E-state index contributed by atoms with van der Waals surface area (Å²) in [5, 5.41) is 12.7. The van der Waals surface area contributed by atoms with Crippen LogP contribution in [0.3, 0.4) is 0 Å². The zero-order chi connectivity index (χ0) is 23.5. The van der Waals surface area contributed by atoms with Crippen molar-refractivity contribution in [2.45, 2.75) is 13.3 Å². The van der Waals surface area contributed by atoms with Gasteiger partial charge in [0.25, 0.3) is 5.91 Å². The molecule has 0 spiro atoms. The van der Waals surface area contributed by atoms with E-state index < -0.39 is 11.9 Å². The topological polar surface area (TPSA) is 109 Å². The van der Waals surface area contributed by atoms with Gasteiger partial charge in [0.05, 0.1) is 13.2 Å². The fraction of sp³-hybridized carbons (Fsp3) is 0.208. The zero-order valence-electron chi connectivity index (χ0n) is 18.2. The Bertz CT molecular complexity index is 1050. The third-order valence-corrected chi connectivity index (χ3v) is 5.45. The quantitative estimate of drug-likeness (QED) is 0.363. The van der Waals surface area contributed by atoms with E-state index in [9.17, 15) is 14.4 Å². The van der Waals surface area contributed by atoms with Gasteiger partial charge < -0.3 is 20.7 Å². The first-order chi connectivity index (χ1) is 16.0. The Morgan fingerprint density at radius 1 is 0.939 bits per heavy atom. The molecule has 33 heavy (non-hydrogen) atoms. The van der Waals surface area contributed by atoms with Crippen molar-refractivity contribution in [3.8, 4) is 5.75 Å². The number of benzene rings is 2. The van der Waals surface area contributed by atoms with Crippen LogP contribution in [0.15, 0.2) is 66.0 Å². The van der Waals surface area contributed by atoms with Gasteiger partial charge in [-0.15, -0.1) is 11.3 Å². The summed E-state index contributed by atoms with van der Waals surface area (Å²) in [6.07, 6.45) is 0.718. The molecule has 0 aliphatic carbocycles. The van der Waals surface area contributed by atoms with E-state index >= 15 is 0 Å². The van der Waals surface area contributed by atoms with E-state index in [1.165, 1.54) is 4.88 Å². The highest BCUT2D eigenvalue weighted by Gasteiger charge is 2.09. The minimum atomic E-state index is -0.528. The Morgan fingerprint density at radius 3 is 2.33 bits per heavy atom. The fourth-order valence-corrected chi connectivity index (χ4v) is 3.60. The lowest BCUT2D eigenvalue weighted by Crippen LogP contribution is -2.42. The van der Waals surface area contributed by atoms with Crippen LogP contribution in [0.4, 0.5) is 16.2 Å². The molecule has 1 aromatic heterocycles. The van der Waals surface area contributed by atoms with Gasteiger partial charge in [0.15, 0.2) is 0 Å². The molecule has 0 atom stereocenters. The number of urea groups is 1. The average molecular weight is 467 g/mol. The van der Waals surface area contributed by atoms with Gasteiger partial charge in [0.2, 0.25) is 5.91 Å². The standard InChI is InChI=1S/C24H26N4O4S/c1-2-32-20-11-9-19(10-12-20)27-23(30)17-5-7-18(8-6-17)26-16-22(29)28-24(31)25-14-13-21-4-3-15-33-21/h3-12,15,26H,2,13-14,16H2,1H3,(H,27,30)(H2,25,28,29,31). The highest BCUT2D eigenvalue weighted by atomic mass is 32.1. The molecule has 0 saturated carbocycles. The lowest BCUT2D eigenvalue weighted by Gasteiger charge is -2.10. The first-order valence-corrected chi connectivity index (χ1v) is 11.4. The summed E-state index contributed by atoms with van der Waals surface area (Å²) < 4.78 is 5.39. The van der Waals surface area contributed by atoms with Gasteiger partial charge in [-0.05, 0) is 73.3 Å². The van der Waals surface area contributed by atoms with Crippen molar-refractivity contribution in [2.75, 3.05) is 30.3 Å². The minimum absolute atomic E-state index is 0.0733. The Kier molecular flexibility index (Phi) is 8.84. The molecule has 4 amide bonds. The molecule has 0 bridgehead atoms. The molecule has 8 nitrogen and oxygen atoms in total. The Morgan fingerprint density at radius 2 is 1.67 bits per heavy atom. The highest BCUT2D eigenvalue weighted by Crippen LogP contribution is 2.17. The second-order valence-electron chi connectivity index (χ2n) is 6.98. The zero-order valence-corrected chi connectivity index (χ0v) is 19.0. The molecule has 0 aliphatic heterocycles. The molecule has 4 N–H and O–H groups in total. The fourth-order valence-electron chi connectivity index (χ4n) is 2.90. The molecule has 0 saturated heterocycles. The SMILES string of the molecule is CCOc1ccc(NC(=O)c2ccc(NCC(=O)NC(=O)NCCc3cccs3)cc2)cc1. The van der Waals surface area contributed by atoms with Crippen LogP contribution in [0.25, 0.3) is 0 Å². The first kappa shape index (κ1) is 23.8. The number of ether oxygens (including phenoxy) is 1. The number of amides is 4. The van der Waals surface area contributed by atoms with Crippen LogP contribution in [0.5, 0.6) is 5.75 Å². The van der Waals surface area contributed by atoms with Gasteiger partial charge in [-0.25, -0.2) is 4.79 Å². The third-order valence-electron chi connectivity index (χ3n) is 4.51. The number of thiophene rings is 1. The maximum Gasteiger partial charge on any atom is 0.321 e. The maximum absolute atomic E-state index is 12.4. The second kappa shape index (κ2) is 12.3. The average Bonchev–Trinajstić information content (AvgIpc) is 3.33. The second-order valence-corrected chi connectivity index (χ2v) is 8.01. The largest absolute Gasteiger partial charge is 0.494 e. The van der Waals surface area contributed by atoms with Crippen LogP contribution < -0.4 is 26.0 Å². The summed E-state index contributed by atoms with van der Waals surface area (Å²) >= 11 is 1.62. The number of anilines is 2. The van der Waals surface area contributed by atoms with Crippen molar-refractivity contribution in [3.63, 3.8) is 0 Å². The van der Waals surface area contributed by atoms with Crippen molar-refractivity contribution < 1.29 is 19.1 Å². The first-order valence-electron chi connectivity index (χ1n) is 10.5. The Labute approximate surface area is 196 Å². The summed E-state index contributed by atoms with van der Waals surface area (Å²) in [5.74, 6) is 0.0365. The smallest absolute Gasteiger partial charge is 0.321 e. The number of carbonyl (C=O) groups excluding carboxylic acids is 3. The van der Waals surface area contributed by atoms with E-state index in [2.05, 4.69) is 21.3 Å². The normalized spacial score (nSPS) is 10.2. The predicted molar refractivity (Wildman–Crippen MR) is 130 cm³/mol. The Balaban J connectivity index is 1.38. The molecule has 0 unspecified atom stereocenters. The van der Waals surface area contributed by atoms with Gasteiger partial charge in [0.1, 0.15) is 5.75 Å². The van der Waals surface area contributed by atoms with E-state index in [4.69, 9.17) is 4.74 Å². The van der Waals surface area contributed by atoms with Crippen molar-refractivity contribution in [2.24, 2.45) is 0 Å². The maximum atomic E-state index is 12.4. The van der Waals surface area contributed by atoms with Crippen LogP contribution in [-0.4, -0.2) is 37.5 Å². The monoisotopic (exact) mass is 466 g/mol. The van der Waals surface area contributed by atoms with Crippen LogP contribution in [-0.2, 0) is 11.2 Å². The molecule has 9 heteroatoms. The van der Waals surface area contributed by atoms with Crippen molar-refractivity contribution >= 4 is 40.6 Å². The van der Waals surface area contributed by atoms with E-state index in [1.54, 1.807) is 59.9 Å². The predicted octanol–water partition coefficient (Wildman–Crippen LogP) is 3.88. The van der Waals surface area contributed by atoms with Gasteiger partial charge in [-0.3, -0.25) is 14.9 Å². The van der Waals surface area contributed by atoms with Crippen LogP contribution in [0.1, 0.15) is 22.2 Å². The number of hydrogen-bond donors (Lipinski definition) is 4. The molecule has 0 radical (unpaired) electrons. The van der Waals surface area contributed by atoms with Crippen LogP contribution in [0.2, 0.25) is 0 Å². The lowest BCUT2D eigenvalue weighted by atomic mass is 10.2.